The Labute approximate surface area is 127 Å². The van der Waals surface area contributed by atoms with E-state index in [1.54, 1.807) is 12.1 Å². The summed E-state index contributed by atoms with van der Waals surface area (Å²) in [5.41, 5.74) is 2.35. The highest BCUT2D eigenvalue weighted by molar-refractivity contribution is 6.32. The van der Waals surface area contributed by atoms with Gasteiger partial charge in [-0.1, -0.05) is 17.7 Å². The van der Waals surface area contributed by atoms with E-state index in [1.165, 1.54) is 12.1 Å². The molecule has 0 fully saturated rings. The lowest BCUT2D eigenvalue weighted by Crippen LogP contribution is -2.37. The highest BCUT2D eigenvalue weighted by Crippen LogP contribution is 2.23. The van der Waals surface area contributed by atoms with Gasteiger partial charge in [-0.3, -0.25) is 4.63 Å². The van der Waals surface area contributed by atoms with Crippen LogP contribution in [-0.4, -0.2) is 15.1 Å². The van der Waals surface area contributed by atoms with E-state index in [0.29, 0.717) is 15.6 Å². The first-order chi connectivity index (χ1) is 10.6. The molecule has 0 aliphatic carbocycles. The van der Waals surface area contributed by atoms with Gasteiger partial charge in [0.05, 0.1) is 15.3 Å². The van der Waals surface area contributed by atoms with Crippen molar-refractivity contribution in [2.24, 2.45) is 0 Å². The molecule has 2 heterocycles. The summed E-state index contributed by atoms with van der Waals surface area (Å²) in [5, 5.41) is 32.1. The van der Waals surface area contributed by atoms with Crippen LogP contribution >= 0.6 is 11.6 Å². The Morgan fingerprint density at radius 2 is 1.91 bits per heavy atom. The second-order valence-electron chi connectivity index (χ2n) is 4.85. The molecule has 2 aromatic heterocycles. The number of aromatic nitrogens is 5. The van der Waals surface area contributed by atoms with Crippen molar-refractivity contribution >= 4 is 33.7 Å². The minimum Gasteiger partial charge on any atom is -0.692 e. The topological polar surface area (TPSA) is 97.7 Å². The second kappa shape index (κ2) is 4.31. The summed E-state index contributed by atoms with van der Waals surface area (Å²) in [6.07, 6.45) is 0. The molecule has 2 aromatic carbocycles. The van der Waals surface area contributed by atoms with Gasteiger partial charge >= 0.3 is 11.0 Å². The van der Waals surface area contributed by atoms with Gasteiger partial charge in [0.25, 0.3) is 0 Å². The normalized spacial score (nSPS) is 11.5. The lowest BCUT2D eigenvalue weighted by atomic mass is 10.2. The van der Waals surface area contributed by atoms with Crippen LogP contribution in [0.1, 0.15) is 5.56 Å². The Kier molecular flexibility index (Phi) is 2.52. The molecular weight excluding hydrogens is 310 g/mol. The molecule has 8 nitrogen and oxygen atoms in total. The highest BCUT2D eigenvalue weighted by Gasteiger charge is 2.26. The van der Waals surface area contributed by atoms with Crippen LogP contribution in [0.4, 0.5) is 0 Å². The Hall–Kier alpha value is -2.87. The van der Waals surface area contributed by atoms with Crippen molar-refractivity contribution in [3.63, 3.8) is 0 Å². The SMILES string of the molecule is Cc1ccc(-n2nc3c4no[n+]([O-])c4ccc3[n+]2[O-])c(Cl)c1. The number of hydrogen-bond acceptors (Lipinski definition) is 5. The molecule has 0 saturated carbocycles. The Morgan fingerprint density at radius 1 is 1.14 bits per heavy atom. The molecule has 0 aliphatic heterocycles. The van der Waals surface area contributed by atoms with Crippen molar-refractivity contribution in [3.8, 4) is 5.69 Å². The van der Waals surface area contributed by atoms with Gasteiger partial charge in [0, 0.05) is 0 Å². The van der Waals surface area contributed by atoms with E-state index in [-0.39, 0.29) is 27.0 Å². The first-order valence-corrected chi connectivity index (χ1v) is 6.71. The number of halogens is 1. The molecule has 0 atom stereocenters. The van der Waals surface area contributed by atoms with E-state index >= 15 is 0 Å². The fraction of sp³-hybridized carbons (Fsp3) is 0.0769. The maximum atomic E-state index is 12.4. The van der Waals surface area contributed by atoms with Crippen LogP contribution in [0.3, 0.4) is 0 Å². The van der Waals surface area contributed by atoms with E-state index in [4.69, 9.17) is 11.6 Å². The number of benzene rings is 2. The van der Waals surface area contributed by atoms with E-state index in [0.717, 1.165) is 10.4 Å². The molecule has 0 aliphatic rings. The molecule has 0 amide bonds. The Morgan fingerprint density at radius 3 is 2.68 bits per heavy atom. The van der Waals surface area contributed by atoms with Gasteiger partial charge < -0.3 is 10.4 Å². The molecule has 22 heavy (non-hydrogen) atoms. The van der Waals surface area contributed by atoms with E-state index in [2.05, 4.69) is 14.9 Å². The quantitative estimate of drug-likeness (QED) is 0.390. The predicted molar refractivity (Wildman–Crippen MR) is 76.3 cm³/mol. The minimum atomic E-state index is 0.202. The maximum Gasteiger partial charge on any atom is 0.307 e. The van der Waals surface area contributed by atoms with Gasteiger partial charge in [-0.05, 0) is 46.5 Å². The third kappa shape index (κ3) is 1.64. The summed E-state index contributed by atoms with van der Waals surface area (Å²) < 4.78 is 4.54. The third-order valence-corrected chi connectivity index (χ3v) is 3.71. The zero-order chi connectivity index (χ0) is 15.4. The molecule has 0 bridgehead atoms. The van der Waals surface area contributed by atoms with Gasteiger partial charge in [0.15, 0.2) is 0 Å². The molecule has 4 rings (SSSR count). The van der Waals surface area contributed by atoms with Crippen LogP contribution < -0.4 is 9.75 Å². The zero-order valence-electron chi connectivity index (χ0n) is 11.2. The van der Waals surface area contributed by atoms with Crippen LogP contribution in [0.2, 0.25) is 5.02 Å². The maximum absolute atomic E-state index is 12.4. The van der Waals surface area contributed by atoms with E-state index < -0.39 is 0 Å². The summed E-state index contributed by atoms with van der Waals surface area (Å²) in [4.78, 5) is 1.98. The minimum absolute atomic E-state index is 0.202. The van der Waals surface area contributed by atoms with Crippen LogP contribution in [0, 0.1) is 17.3 Å². The van der Waals surface area contributed by atoms with Crippen LogP contribution in [0.5, 0.6) is 0 Å². The largest absolute Gasteiger partial charge is 0.692 e. The van der Waals surface area contributed by atoms with Gasteiger partial charge in [0.1, 0.15) is 5.69 Å². The van der Waals surface area contributed by atoms with E-state index in [1.807, 2.05) is 13.0 Å². The van der Waals surface area contributed by atoms with Gasteiger partial charge in [-0.15, -0.1) is 4.85 Å². The van der Waals surface area contributed by atoms with Crippen molar-refractivity contribution in [2.45, 2.75) is 6.92 Å². The van der Waals surface area contributed by atoms with Crippen molar-refractivity contribution < 1.29 is 14.4 Å². The molecule has 9 heteroatoms. The van der Waals surface area contributed by atoms with E-state index in [9.17, 15) is 10.4 Å². The highest BCUT2D eigenvalue weighted by atomic mass is 35.5. The van der Waals surface area contributed by atoms with Gasteiger partial charge in [-0.2, -0.15) is 0 Å². The third-order valence-electron chi connectivity index (χ3n) is 3.40. The van der Waals surface area contributed by atoms with Crippen LogP contribution in [0.25, 0.3) is 27.8 Å². The standard InChI is InChI=1S/C13H8ClN5O3/c1-7-2-3-9(8(14)6-7)17-15-12-10(18(17)20)4-5-11-13(12)16-22-19(11)21/h2-6H,1H3. The van der Waals surface area contributed by atoms with Crippen molar-refractivity contribution in [2.75, 3.05) is 0 Å². The Balaban J connectivity index is 2.07. The average Bonchev–Trinajstić information content (AvgIpc) is 3.01. The summed E-state index contributed by atoms with van der Waals surface area (Å²) >= 11 is 6.18. The molecule has 0 radical (unpaired) electrons. The number of aryl methyl sites for hydroxylation is 1. The lowest BCUT2D eigenvalue weighted by Gasteiger charge is -2.05. The fourth-order valence-corrected chi connectivity index (χ4v) is 2.64. The second-order valence-corrected chi connectivity index (χ2v) is 5.26. The first kappa shape index (κ1) is 12.8. The summed E-state index contributed by atoms with van der Waals surface area (Å²) in [6.45, 7) is 1.90. The summed E-state index contributed by atoms with van der Waals surface area (Å²) in [6, 6.07) is 8.21. The Bertz CT molecular complexity index is 1040. The predicted octanol–water partition coefficient (Wildman–Crippen LogP) is 1.40. The van der Waals surface area contributed by atoms with Gasteiger partial charge in [-0.25, -0.2) is 0 Å². The lowest BCUT2D eigenvalue weighted by molar-refractivity contribution is -0.782. The van der Waals surface area contributed by atoms with Crippen LogP contribution in [0.15, 0.2) is 35.0 Å². The molecule has 0 saturated heterocycles. The zero-order valence-corrected chi connectivity index (χ0v) is 12.0. The molecule has 0 spiro atoms. The number of rotatable bonds is 1. The number of nitrogens with zero attached hydrogens (tertiary/aromatic N) is 5. The molecular formula is C13H8ClN5O3. The van der Waals surface area contributed by atoms with Gasteiger partial charge in [0.2, 0.25) is 11.0 Å². The number of hydrogen-bond donors (Lipinski definition) is 0. The van der Waals surface area contributed by atoms with Crippen molar-refractivity contribution in [1.29, 1.82) is 0 Å². The molecule has 0 unspecified atom stereocenters. The summed E-state index contributed by atoms with van der Waals surface area (Å²) in [7, 11) is 0. The molecule has 110 valence electrons. The summed E-state index contributed by atoms with van der Waals surface area (Å²) in [5.74, 6) is 0. The average molecular weight is 318 g/mol. The first-order valence-electron chi connectivity index (χ1n) is 6.34. The fourth-order valence-electron chi connectivity index (χ4n) is 2.33. The smallest absolute Gasteiger partial charge is 0.307 e. The molecule has 0 N–H and O–H groups in total. The van der Waals surface area contributed by atoms with Crippen LogP contribution in [-0.2, 0) is 0 Å². The monoisotopic (exact) mass is 317 g/mol. The van der Waals surface area contributed by atoms with Crippen molar-refractivity contribution in [3.05, 3.63) is 51.3 Å². The van der Waals surface area contributed by atoms with Crippen molar-refractivity contribution in [1.82, 2.24) is 15.1 Å². The number of fused-ring (bicyclic) bond motifs is 3. The molecule has 4 aromatic rings.